The summed E-state index contributed by atoms with van der Waals surface area (Å²) in [5, 5.41) is 12.2. The van der Waals surface area contributed by atoms with Gasteiger partial charge < -0.3 is 14.8 Å². The maximum atomic E-state index is 14.3. The highest BCUT2D eigenvalue weighted by Crippen LogP contribution is 2.41. The second-order valence-electron chi connectivity index (χ2n) is 6.18. The number of amides is 1. The van der Waals surface area contributed by atoms with Gasteiger partial charge in [0, 0.05) is 23.7 Å². The van der Waals surface area contributed by atoms with Gasteiger partial charge in [-0.15, -0.1) is 0 Å². The lowest BCUT2D eigenvalue weighted by atomic mass is 9.92. The maximum absolute atomic E-state index is 14.3. The zero-order valence-corrected chi connectivity index (χ0v) is 13.7. The van der Waals surface area contributed by atoms with Crippen LogP contribution in [0.3, 0.4) is 0 Å². The number of likely N-dealkylation sites (N-methyl/N-ethyl adjacent to an activating group) is 1. The first kappa shape index (κ1) is 17.2. The number of halogens is 1. The zero-order chi connectivity index (χ0) is 18.0. The molecule has 0 spiro atoms. The summed E-state index contributed by atoms with van der Waals surface area (Å²) in [5.74, 6) is -2.42. The first-order valence-electron chi connectivity index (χ1n) is 7.97. The Morgan fingerprint density at radius 3 is 2.76 bits per heavy atom. The molecule has 25 heavy (non-hydrogen) atoms. The van der Waals surface area contributed by atoms with Crippen molar-refractivity contribution < 1.29 is 23.5 Å². The minimum absolute atomic E-state index is 0.127. The molecule has 0 bridgehead atoms. The van der Waals surface area contributed by atoms with Crippen LogP contribution in [0.1, 0.15) is 23.6 Å². The molecule has 1 aliphatic rings. The number of benzene rings is 1. The predicted molar refractivity (Wildman–Crippen MR) is 87.0 cm³/mol. The lowest BCUT2D eigenvalue weighted by molar-refractivity contribution is -0.142. The Morgan fingerprint density at radius 2 is 2.12 bits per heavy atom. The normalized spacial score (nSPS) is 23.5. The number of nitrogens with zero attached hydrogens (tertiary/aromatic N) is 1. The van der Waals surface area contributed by atoms with E-state index in [2.05, 4.69) is 5.32 Å². The molecule has 132 valence electrons. The summed E-state index contributed by atoms with van der Waals surface area (Å²) < 4.78 is 19.2. The van der Waals surface area contributed by atoms with Gasteiger partial charge in [0.05, 0.1) is 18.4 Å². The lowest BCUT2D eigenvalue weighted by Crippen LogP contribution is -2.36. The van der Waals surface area contributed by atoms with Gasteiger partial charge in [-0.05, 0) is 25.6 Å². The first-order chi connectivity index (χ1) is 12.0. The fourth-order valence-electron chi connectivity index (χ4n) is 3.40. The number of hydrogen-bond acceptors (Lipinski definition) is 4. The van der Waals surface area contributed by atoms with Crippen LogP contribution in [-0.2, 0) is 16.1 Å². The number of rotatable bonds is 5. The highest BCUT2D eigenvalue weighted by Gasteiger charge is 2.47. The van der Waals surface area contributed by atoms with Crippen LogP contribution < -0.4 is 5.32 Å². The fourth-order valence-corrected chi connectivity index (χ4v) is 3.40. The maximum Gasteiger partial charge on any atom is 0.320 e. The van der Waals surface area contributed by atoms with E-state index in [-0.39, 0.29) is 18.9 Å². The van der Waals surface area contributed by atoms with Crippen LogP contribution in [0, 0.1) is 11.7 Å². The third kappa shape index (κ3) is 3.41. The van der Waals surface area contributed by atoms with Crippen molar-refractivity contribution in [3.05, 3.63) is 59.8 Å². The van der Waals surface area contributed by atoms with Gasteiger partial charge in [-0.2, -0.15) is 0 Å². The molecule has 0 aliphatic carbocycles. The summed E-state index contributed by atoms with van der Waals surface area (Å²) in [6.07, 6.45) is 3.16. The fraction of sp³-hybridized carbons (Fsp3) is 0.333. The summed E-state index contributed by atoms with van der Waals surface area (Å²) in [5.41, 5.74) is 1.13. The smallest absolute Gasteiger partial charge is 0.320 e. The summed E-state index contributed by atoms with van der Waals surface area (Å²) in [4.78, 5) is 25.7. The van der Waals surface area contributed by atoms with Crippen LogP contribution in [0.15, 0.2) is 47.3 Å². The molecule has 1 saturated heterocycles. The van der Waals surface area contributed by atoms with Crippen LogP contribution in [0.4, 0.5) is 4.39 Å². The predicted octanol–water partition coefficient (Wildman–Crippen LogP) is 2.18. The lowest BCUT2D eigenvalue weighted by Gasteiger charge is -2.26. The van der Waals surface area contributed by atoms with E-state index >= 15 is 0 Å². The van der Waals surface area contributed by atoms with E-state index in [4.69, 9.17) is 4.42 Å². The first-order valence-corrected chi connectivity index (χ1v) is 7.97. The van der Waals surface area contributed by atoms with E-state index in [1.165, 1.54) is 18.6 Å². The van der Waals surface area contributed by atoms with Gasteiger partial charge in [-0.3, -0.25) is 14.5 Å². The second-order valence-corrected chi connectivity index (χ2v) is 6.18. The van der Waals surface area contributed by atoms with E-state index in [9.17, 15) is 19.1 Å². The standard InChI is InChI=1S/C18H19FN2O4/c1-21-15(18(23)24)8-13(16(21)12-4-2-3-5-14(12)19)17(22)20-9-11-6-7-25-10-11/h2-7,10,13,15-16H,8-9H2,1H3,(H,20,22)(H,23,24)/t13-,15-,16-/m1/s1. The topological polar surface area (TPSA) is 82.8 Å². The Kier molecular flexibility index (Phi) is 4.85. The molecule has 3 atom stereocenters. The number of carboxylic acids is 1. The number of hydrogen-bond donors (Lipinski definition) is 2. The van der Waals surface area contributed by atoms with Crippen molar-refractivity contribution in [1.82, 2.24) is 10.2 Å². The average molecular weight is 346 g/mol. The summed E-state index contributed by atoms with van der Waals surface area (Å²) in [6, 6.07) is 6.42. The van der Waals surface area contributed by atoms with Crippen molar-refractivity contribution >= 4 is 11.9 Å². The summed E-state index contributed by atoms with van der Waals surface area (Å²) in [7, 11) is 1.61. The number of carbonyl (C=O) groups is 2. The molecule has 1 aromatic carbocycles. The number of nitrogens with one attached hydrogen (secondary N) is 1. The van der Waals surface area contributed by atoms with Crippen molar-refractivity contribution in [2.24, 2.45) is 5.92 Å². The number of aliphatic carboxylic acids is 1. The molecular formula is C18H19FN2O4. The van der Waals surface area contributed by atoms with Gasteiger partial charge in [0.25, 0.3) is 0 Å². The highest BCUT2D eigenvalue weighted by molar-refractivity contribution is 5.83. The molecular weight excluding hydrogens is 327 g/mol. The Labute approximate surface area is 144 Å². The van der Waals surface area contributed by atoms with Gasteiger partial charge in [0.1, 0.15) is 11.9 Å². The molecule has 2 N–H and O–H groups in total. The molecule has 2 heterocycles. The Balaban J connectivity index is 1.84. The average Bonchev–Trinajstić information content (AvgIpc) is 3.21. The van der Waals surface area contributed by atoms with E-state index in [1.54, 1.807) is 36.2 Å². The number of likely N-dealkylation sites (tertiary alicyclic amines) is 1. The van der Waals surface area contributed by atoms with E-state index in [1.807, 2.05) is 0 Å². The van der Waals surface area contributed by atoms with Crippen LogP contribution in [0.2, 0.25) is 0 Å². The number of furan rings is 1. The monoisotopic (exact) mass is 346 g/mol. The third-order valence-electron chi connectivity index (χ3n) is 4.68. The second kappa shape index (κ2) is 7.06. The molecule has 0 radical (unpaired) electrons. The van der Waals surface area contributed by atoms with Gasteiger partial charge >= 0.3 is 5.97 Å². The molecule has 6 nitrogen and oxygen atoms in total. The van der Waals surface area contributed by atoms with Crippen LogP contribution in [0.5, 0.6) is 0 Å². The molecule has 7 heteroatoms. The van der Waals surface area contributed by atoms with Crippen molar-refractivity contribution in [2.45, 2.75) is 25.0 Å². The minimum Gasteiger partial charge on any atom is -0.480 e. The molecule has 0 unspecified atom stereocenters. The van der Waals surface area contributed by atoms with E-state index in [0.717, 1.165) is 5.56 Å². The molecule has 1 amide bonds. The summed E-state index contributed by atoms with van der Waals surface area (Å²) >= 11 is 0. The summed E-state index contributed by atoms with van der Waals surface area (Å²) in [6.45, 7) is 0.275. The third-order valence-corrected chi connectivity index (χ3v) is 4.68. The van der Waals surface area contributed by atoms with E-state index in [0.29, 0.717) is 5.56 Å². The van der Waals surface area contributed by atoms with Crippen molar-refractivity contribution in [3.8, 4) is 0 Å². The Bertz CT molecular complexity index is 762. The quantitative estimate of drug-likeness (QED) is 0.867. The van der Waals surface area contributed by atoms with Gasteiger partial charge in [0.2, 0.25) is 5.91 Å². The van der Waals surface area contributed by atoms with Crippen molar-refractivity contribution in [2.75, 3.05) is 7.05 Å². The number of carboxylic acid groups (broad SMARTS) is 1. The van der Waals surface area contributed by atoms with Crippen LogP contribution >= 0.6 is 0 Å². The highest BCUT2D eigenvalue weighted by atomic mass is 19.1. The molecule has 1 fully saturated rings. The largest absolute Gasteiger partial charge is 0.480 e. The van der Waals surface area contributed by atoms with Gasteiger partial charge in [-0.1, -0.05) is 18.2 Å². The molecule has 2 aromatic rings. The van der Waals surface area contributed by atoms with Gasteiger partial charge in [-0.25, -0.2) is 4.39 Å². The molecule has 3 rings (SSSR count). The Hall–Kier alpha value is -2.67. The van der Waals surface area contributed by atoms with Crippen molar-refractivity contribution in [1.29, 1.82) is 0 Å². The Morgan fingerprint density at radius 1 is 1.36 bits per heavy atom. The van der Waals surface area contributed by atoms with Crippen LogP contribution in [-0.4, -0.2) is 35.0 Å². The van der Waals surface area contributed by atoms with Crippen molar-refractivity contribution in [3.63, 3.8) is 0 Å². The molecule has 0 saturated carbocycles. The van der Waals surface area contributed by atoms with Crippen LogP contribution in [0.25, 0.3) is 0 Å². The number of carbonyl (C=O) groups excluding carboxylic acids is 1. The van der Waals surface area contributed by atoms with Gasteiger partial charge in [0.15, 0.2) is 0 Å². The molecule has 1 aromatic heterocycles. The SMILES string of the molecule is CN1[C@@H](C(=O)O)C[C@@H](C(=O)NCc2ccoc2)[C@H]1c1ccccc1F. The minimum atomic E-state index is -1.02. The molecule has 1 aliphatic heterocycles. The van der Waals surface area contributed by atoms with E-state index < -0.39 is 29.8 Å². The zero-order valence-electron chi connectivity index (χ0n) is 13.7.